The normalized spacial score (nSPS) is 11.8. The fraction of sp³-hybridized carbons (Fsp3) is 0.143. The van der Waals surface area contributed by atoms with Gasteiger partial charge in [-0.05, 0) is 66.4 Å². The van der Waals surface area contributed by atoms with Crippen molar-refractivity contribution >= 4 is 17.9 Å². The molecule has 7 heteroatoms. The summed E-state index contributed by atoms with van der Waals surface area (Å²) in [5.74, 6) is 1.86. The molecule has 35 heavy (non-hydrogen) atoms. The van der Waals surface area contributed by atoms with E-state index in [0.717, 1.165) is 41.2 Å². The summed E-state index contributed by atoms with van der Waals surface area (Å²) in [5, 5.41) is 2.63. The maximum absolute atomic E-state index is 13.1. The van der Waals surface area contributed by atoms with Crippen molar-refractivity contribution in [2.75, 3.05) is 12.1 Å². The van der Waals surface area contributed by atoms with Crippen LogP contribution in [0.15, 0.2) is 78.9 Å². The molecule has 0 radical (unpaired) electrons. The number of H-pyrrole nitrogens is 1. The Balaban J connectivity index is 1.25. The largest absolute Gasteiger partial charge is 0.487 e. The van der Waals surface area contributed by atoms with Crippen molar-refractivity contribution < 1.29 is 23.8 Å². The van der Waals surface area contributed by atoms with Crippen LogP contribution < -0.4 is 19.5 Å². The Bertz CT molecular complexity index is 1350. The van der Waals surface area contributed by atoms with Crippen molar-refractivity contribution in [2.45, 2.75) is 19.4 Å². The molecule has 2 heterocycles. The third-order valence-electron chi connectivity index (χ3n) is 5.80. The van der Waals surface area contributed by atoms with Crippen molar-refractivity contribution in [1.82, 2.24) is 4.98 Å². The van der Waals surface area contributed by atoms with Crippen LogP contribution in [0.4, 0.5) is 5.69 Å². The second-order valence-electron chi connectivity index (χ2n) is 8.16. The Morgan fingerprint density at radius 1 is 0.914 bits per heavy atom. The van der Waals surface area contributed by atoms with Gasteiger partial charge >= 0.3 is 0 Å². The van der Waals surface area contributed by atoms with E-state index < -0.39 is 0 Å². The van der Waals surface area contributed by atoms with Gasteiger partial charge in [-0.2, -0.15) is 0 Å². The van der Waals surface area contributed by atoms with Gasteiger partial charge in [-0.15, -0.1) is 0 Å². The molecule has 0 unspecified atom stereocenters. The van der Waals surface area contributed by atoms with E-state index in [9.17, 15) is 9.59 Å². The maximum Gasteiger partial charge on any atom is 0.231 e. The lowest BCUT2D eigenvalue weighted by Gasteiger charge is -2.12. The van der Waals surface area contributed by atoms with Gasteiger partial charge in [0.15, 0.2) is 11.5 Å². The zero-order chi connectivity index (χ0) is 24.0. The number of hydrogen-bond donors (Lipinski definition) is 2. The highest BCUT2D eigenvalue weighted by atomic mass is 16.7. The molecule has 0 bridgehead atoms. The average Bonchev–Trinajstić information content (AvgIpc) is 3.56. The van der Waals surface area contributed by atoms with Gasteiger partial charge in [-0.3, -0.25) is 9.59 Å². The number of ether oxygens (including phenoxy) is 3. The van der Waals surface area contributed by atoms with E-state index in [2.05, 4.69) is 10.3 Å². The predicted molar refractivity (Wildman–Crippen MR) is 131 cm³/mol. The molecular formula is C28H24N2O5. The van der Waals surface area contributed by atoms with Crippen LogP contribution in [0.1, 0.15) is 32.9 Å². The Kier molecular flexibility index (Phi) is 6.48. The topological polar surface area (TPSA) is 89.7 Å². The van der Waals surface area contributed by atoms with Crippen molar-refractivity contribution in [3.05, 3.63) is 107 Å². The number of carbonyl (C=O) groups excluding carboxylic acids is 2. The number of rotatable bonds is 10. The van der Waals surface area contributed by atoms with Crippen molar-refractivity contribution in [2.24, 2.45) is 0 Å². The summed E-state index contributed by atoms with van der Waals surface area (Å²) < 4.78 is 16.7. The summed E-state index contributed by atoms with van der Waals surface area (Å²) >= 11 is 0. The number of fused-ring (bicyclic) bond motifs is 1. The highest BCUT2D eigenvalue weighted by molar-refractivity contribution is 6.08. The molecule has 0 aliphatic carbocycles. The van der Waals surface area contributed by atoms with E-state index in [4.69, 9.17) is 14.2 Å². The van der Waals surface area contributed by atoms with Crippen LogP contribution in [0.2, 0.25) is 0 Å². The Morgan fingerprint density at radius 3 is 2.63 bits per heavy atom. The molecule has 7 nitrogen and oxygen atoms in total. The zero-order valence-electron chi connectivity index (χ0n) is 19.0. The first-order valence-corrected chi connectivity index (χ1v) is 11.3. The Hall–Kier alpha value is -4.52. The molecule has 0 fully saturated rings. The number of ketones is 1. The van der Waals surface area contributed by atoms with Crippen LogP contribution in [0.25, 0.3) is 0 Å². The predicted octanol–water partition coefficient (Wildman–Crippen LogP) is 4.91. The van der Waals surface area contributed by atoms with Gasteiger partial charge in [-0.1, -0.05) is 36.4 Å². The third kappa shape index (κ3) is 5.19. The number of anilines is 1. The fourth-order valence-electron chi connectivity index (χ4n) is 3.96. The number of hydrogen-bond acceptors (Lipinski definition) is 5. The van der Waals surface area contributed by atoms with Crippen LogP contribution in [0, 0.1) is 0 Å². The van der Waals surface area contributed by atoms with Gasteiger partial charge in [-0.25, -0.2) is 0 Å². The number of aryl methyl sites for hydroxylation is 2. The van der Waals surface area contributed by atoms with Crippen LogP contribution >= 0.6 is 0 Å². The Morgan fingerprint density at radius 2 is 1.77 bits per heavy atom. The molecule has 4 aromatic rings. The fourth-order valence-corrected chi connectivity index (χ4v) is 3.96. The molecule has 2 N–H and O–H groups in total. The minimum absolute atomic E-state index is 0.164. The average molecular weight is 469 g/mol. The highest BCUT2D eigenvalue weighted by Crippen LogP contribution is 2.33. The standard InChI is InChI=1S/C28H24N2O5/c31-17-29-24-15-21(8-13-25(24)33-16-20-4-2-1-3-5-20)28(32)23-11-10-22(30-23)9-6-19-7-12-26-27(14-19)35-18-34-26/h1-5,7-8,10-15,17,30H,6,9,16,18H2,(H,29,31). The first-order valence-electron chi connectivity index (χ1n) is 11.3. The molecule has 3 aromatic carbocycles. The summed E-state index contributed by atoms with van der Waals surface area (Å²) in [4.78, 5) is 27.4. The molecule has 0 saturated carbocycles. The molecular weight excluding hydrogens is 444 g/mol. The second kappa shape index (κ2) is 10.2. The smallest absolute Gasteiger partial charge is 0.231 e. The molecule has 1 aromatic heterocycles. The lowest BCUT2D eigenvalue weighted by molar-refractivity contribution is -0.105. The number of aromatic amines is 1. The molecule has 1 amide bonds. The molecule has 5 rings (SSSR count). The first kappa shape index (κ1) is 22.3. The van der Waals surface area contributed by atoms with Gasteiger partial charge in [0.25, 0.3) is 0 Å². The first-order chi connectivity index (χ1) is 17.2. The van der Waals surface area contributed by atoms with E-state index in [1.165, 1.54) is 0 Å². The molecule has 176 valence electrons. The molecule has 1 aliphatic heterocycles. The van der Waals surface area contributed by atoms with E-state index in [1.807, 2.05) is 54.6 Å². The van der Waals surface area contributed by atoms with E-state index >= 15 is 0 Å². The summed E-state index contributed by atoms with van der Waals surface area (Å²) in [7, 11) is 0. The minimum atomic E-state index is -0.164. The molecule has 1 aliphatic rings. The number of amides is 1. The number of nitrogens with one attached hydrogen (secondary N) is 2. The summed E-state index contributed by atoms with van der Waals surface area (Å²) in [6.45, 7) is 0.607. The van der Waals surface area contributed by atoms with Gasteiger partial charge < -0.3 is 24.5 Å². The van der Waals surface area contributed by atoms with E-state index in [-0.39, 0.29) is 12.6 Å². The third-order valence-corrected chi connectivity index (χ3v) is 5.80. The monoisotopic (exact) mass is 468 g/mol. The Labute approximate surface area is 202 Å². The van der Waals surface area contributed by atoms with Gasteiger partial charge in [0.2, 0.25) is 19.0 Å². The lowest BCUT2D eigenvalue weighted by Crippen LogP contribution is -2.06. The van der Waals surface area contributed by atoms with E-state index in [1.54, 1.807) is 24.3 Å². The summed E-state index contributed by atoms with van der Waals surface area (Å²) in [6, 6.07) is 24.4. The molecule has 0 spiro atoms. The van der Waals surface area contributed by atoms with Gasteiger partial charge in [0.1, 0.15) is 12.4 Å². The second-order valence-corrected chi connectivity index (χ2v) is 8.16. The molecule has 0 saturated heterocycles. The number of benzene rings is 3. The minimum Gasteiger partial charge on any atom is -0.487 e. The van der Waals surface area contributed by atoms with Gasteiger partial charge in [0, 0.05) is 11.3 Å². The summed E-state index contributed by atoms with van der Waals surface area (Å²) in [5.41, 5.74) is 4.47. The number of aromatic nitrogens is 1. The SMILES string of the molecule is O=CNc1cc(C(=O)c2ccc(CCc3ccc4c(c3)OCO4)[nH]2)ccc1OCc1ccccc1. The van der Waals surface area contributed by atoms with Crippen LogP contribution in [-0.2, 0) is 24.2 Å². The summed E-state index contributed by atoms with van der Waals surface area (Å²) in [6.07, 6.45) is 2.12. The zero-order valence-corrected chi connectivity index (χ0v) is 19.0. The quantitative estimate of drug-likeness (QED) is 0.255. The van der Waals surface area contributed by atoms with E-state index in [0.29, 0.717) is 35.7 Å². The van der Waals surface area contributed by atoms with Crippen molar-refractivity contribution in [3.63, 3.8) is 0 Å². The van der Waals surface area contributed by atoms with Crippen molar-refractivity contribution in [3.8, 4) is 17.2 Å². The van der Waals surface area contributed by atoms with Crippen LogP contribution in [0.5, 0.6) is 17.2 Å². The lowest BCUT2D eigenvalue weighted by atomic mass is 10.1. The maximum atomic E-state index is 13.1. The number of carbonyl (C=O) groups is 2. The van der Waals surface area contributed by atoms with Gasteiger partial charge in [0.05, 0.1) is 11.4 Å². The van der Waals surface area contributed by atoms with Crippen LogP contribution in [-0.4, -0.2) is 24.0 Å². The van der Waals surface area contributed by atoms with Crippen molar-refractivity contribution in [1.29, 1.82) is 0 Å². The highest BCUT2D eigenvalue weighted by Gasteiger charge is 2.16. The van der Waals surface area contributed by atoms with Crippen LogP contribution in [0.3, 0.4) is 0 Å². The molecule has 0 atom stereocenters.